The molecule has 0 saturated heterocycles. The summed E-state index contributed by atoms with van der Waals surface area (Å²) in [6, 6.07) is 1.54. The molecule has 0 atom stereocenters. The number of sulfonamides is 1. The van der Waals surface area contributed by atoms with E-state index in [9.17, 15) is 8.42 Å². The highest BCUT2D eigenvalue weighted by Gasteiger charge is 2.20. The summed E-state index contributed by atoms with van der Waals surface area (Å²) in [7, 11) is -3.82. The van der Waals surface area contributed by atoms with Crippen LogP contribution in [0.3, 0.4) is 0 Å². The summed E-state index contributed by atoms with van der Waals surface area (Å²) in [5.74, 6) is 0.551. The minimum atomic E-state index is -3.82. The molecule has 9 heteroatoms. The maximum Gasteiger partial charge on any atom is 0.283 e. The number of nitrogens with one attached hydrogen (secondary N) is 1. The molecular formula is C11H14ClN5O2S. The molecule has 20 heavy (non-hydrogen) atoms. The van der Waals surface area contributed by atoms with Crippen molar-refractivity contribution < 1.29 is 8.42 Å². The molecular weight excluding hydrogens is 302 g/mol. The van der Waals surface area contributed by atoms with Crippen molar-refractivity contribution >= 4 is 27.6 Å². The molecule has 1 N–H and O–H groups in total. The van der Waals surface area contributed by atoms with Crippen LogP contribution >= 0.6 is 11.6 Å². The highest BCUT2D eigenvalue weighted by atomic mass is 35.5. The molecule has 108 valence electrons. The van der Waals surface area contributed by atoms with E-state index in [1.54, 1.807) is 18.4 Å². The molecule has 2 aromatic heterocycles. The first-order valence-corrected chi connectivity index (χ1v) is 7.75. The first-order chi connectivity index (χ1) is 9.31. The summed E-state index contributed by atoms with van der Waals surface area (Å²) < 4.78 is 28.4. The molecule has 0 fully saturated rings. The second-order valence-corrected chi connectivity index (χ2v) is 6.19. The number of aromatic nitrogens is 4. The zero-order chi connectivity index (χ0) is 14.9. The Morgan fingerprint density at radius 3 is 2.55 bits per heavy atom. The van der Waals surface area contributed by atoms with Gasteiger partial charge in [-0.2, -0.15) is 8.42 Å². The fourth-order valence-electron chi connectivity index (χ4n) is 1.68. The molecule has 0 aliphatic heterocycles. The Morgan fingerprint density at radius 2 is 2.00 bits per heavy atom. The molecule has 2 heterocycles. The van der Waals surface area contributed by atoms with Crippen LogP contribution in [-0.4, -0.2) is 27.9 Å². The van der Waals surface area contributed by atoms with E-state index >= 15 is 0 Å². The maximum absolute atomic E-state index is 12.2. The van der Waals surface area contributed by atoms with Crippen molar-refractivity contribution in [1.29, 1.82) is 0 Å². The number of halogens is 1. The summed E-state index contributed by atoms with van der Waals surface area (Å²) in [4.78, 5) is 11.8. The van der Waals surface area contributed by atoms with E-state index in [0.717, 1.165) is 0 Å². The molecule has 2 aromatic rings. The topological polar surface area (TPSA) is 89.8 Å². The molecule has 0 bridgehead atoms. The first kappa shape index (κ1) is 14.7. The molecule has 0 spiro atoms. The fourth-order valence-corrected chi connectivity index (χ4v) is 2.87. The van der Waals surface area contributed by atoms with Crippen LogP contribution in [-0.2, 0) is 16.6 Å². The van der Waals surface area contributed by atoms with Crippen LogP contribution in [0, 0.1) is 13.8 Å². The van der Waals surface area contributed by atoms with Crippen LogP contribution in [0.25, 0.3) is 0 Å². The minimum absolute atomic E-state index is 0.0706. The van der Waals surface area contributed by atoms with E-state index in [1.165, 1.54) is 12.3 Å². The van der Waals surface area contributed by atoms with E-state index in [2.05, 4.69) is 19.7 Å². The predicted molar refractivity (Wildman–Crippen MR) is 75.2 cm³/mol. The lowest BCUT2D eigenvalue weighted by Gasteiger charge is -2.05. The van der Waals surface area contributed by atoms with Gasteiger partial charge in [-0.05, 0) is 26.8 Å². The summed E-state index contributed by atoms with van der Waals surface area (Å²) in [5, 5.41) is 0.101. The molecule has 7 nitrogen and oxygen atoms in total. The number of hydrogen-bond donors (Lipinski definition) is 1. The number of hydrogen-bond acceptors (Lipinski definition) is 5. The molecule has 0 amide bonds. The largest absolute Gasteiger partial charge is 0.334 e. The molecule has 0 aliphatic rings. The van der Waals surface area contributed by atoms with Gasteiger partial charge < -0.3 is 4.57 Å². The SMILES string of the molecule is CCn1cc(S(=O)(=O)Nc2nc(C)cc(Cl)n2)nc1C. The summed E-state index contributed by atoms with van der Waals surface area (Å²) in [6.45, 7) is 5.98. The van der Waals surface area contributed by atoms with E-state index in [0.29, 0.717) is 18.1 Å². The van der Waals surface area contributed by atoms with Gasteiger partial charge in [-0.15, -0.1) is 0 Å². The Balaban J connectivity index is 2.35. The van der Waals surface area contributed by atoms with Crippen molar-refractivity contribution in [3.63, 3.8) is 0 Å². The van der Waals surface area contributed by atoms with Gasteiger partial charge in [0.1, 0.15) is 11.0 Å². The standard InChI is InChI=1S/C11H14ClN5O2S/c1-4-17-6-10(14-8(17)3)20(18,19)16-11-13-7(2)5-9(12)15-11/h5-6H,4H2,1-3H3,(H,13,15,16). The third-order valence-corrected chi connectivity index (χ3v) is 4.01. The zero-order valence-electron chi connectivity index (χ0n) is 11.3. The van der Waals surface area contributed by atoms with Crippen molar-refractivity contribution in [2.45, 2.75) is 32.3 Å². The van der Waals surface area contributed by atoms with Gasteiger partial charge in [-0.1, -0.05) is 11.6 Å². The van der Waals surface area contributed by atoms with Crippen molar-refractivity contribution in [3.8, 4) is 0 Å². The van der Waals surface area contributed by atoms with Gasteiger partial charge >= 0.3 is 0 Å². The number of imidazole rings is 1. The molecule has 0 aromatic carbocycles. The Bertz CT molecular complexity index is 721. The van der Waals surface area contributed by atoms with Crippen LogP contribution in [0.15, 0.2) is 17.3 Å². The van der Waals surface area contributed by atoms with Gasteiger partial charge in [-0.3, -0.25) is 0 Å². The lowest BCUT2D eigenvalue weighted by Crippen LogP contribution is -2.16. The van der Waals surface area contributed by atoms with Gasteiger partial charge in [0, 0.05) is 18.4 Å². The van der Waals surface area contributed by atoms with Gasteiger partial charge in [-0.25, -0.2) is 19.7 Å². The maximum atomic E-state index is 12.2. The van der Waals surface area contributed by atoms with Crippen molar-refractivity contribution in [1.82, 2.24) is 19.5 Å². The Kier molecular flexibility index (Phi) is 3.96. The molecule has 0 unspecified atom stereocenters. The lowest BCUT2D eigenvalue weighted by atomic mass is 10.5. The summed E-state index contributed by atoms with van der Waals surface area (Å²) >= 11 is 5.77. The molecule has 0 saturated carbocycles. The Hall–Kier alpha value is -1.67. The number of nitrogens with zero attached hydrogens (tertiary/aromatic N) is 4. The second-order valence-electron chi connectivity index (χ2n) is 4.17. The van der Waals surface area contributed by atoms with E-state index < -0.39 is 10.0 Å². The predicted octanol–water partition coefficient (Wildman–Crippen LogP) is 1.76. The van der Waals surface area contributed by atoms with Crippen molar-refractivity contribution in [3.05, 3.63) is 28.9 Å². The number of aryl methyl sites for hydroxylation is 3. The number of anilines is 1. The molecule has 2 rings (SSSR count). The average Bonchev–Trinajstić information content (AvgIpc) is 2.69. The van der Waals surface area contributed by atoms with Crippen LogP contribution in [0.1, 0.15) is 18.4 Å². The first-order valence-electron chi connectivity index (χ1n) is 5.89. The van der Waals surface area contributed by atoms with E-state index in [1.807, 2.05) is 6.92 Å². The molecule has 0 radical (unpaired) electrons. The van der Waals surface area contributed by atoms with E-state index in [4.69, 9.17) is 11.6 Å². The van der Waals surface area contributed by atoms with Gasteiger partial charge in [0.2, 0.25) is 5.95 Å². The third-order valence-electron chi connectivity index (χ3n) is 2.62. The monoisotopic (exact) mass is 315 g/mol. The van der Waals surface area contributed by atoms with Crippen LogP contribution in [0.5, 0.6) is 0 Å². The molecule has 0 aliphatic carbocycles. The zero-order valence-corrected chi connectivity index (χ0v) is 12.8. The van der Waals surface area contributed by atoms with E-state index in [-0.39, 0.29) is 16.1 Å². The third kappa shape index (κ3) is 3.07. The smallest absolute Gasteiger partial charge is 0.283 e. The van der Waals surface area contributed by atoms with Gasteiger partial charge in [0.15, 0.2) is 5.03 Å². The Morgan fingerprint density at radius 1 is 1.30 bits per heavy atom. The van der Waals surface area contributed by atoms with Gasteiger partial charge in [0.05, 0.1) is 0 Å². The van der Waals surface area contributed by atoms with Gasteiger partial charge in [0.25, 0.3) is 10.0 Å². The summed E-state index contributed by atoms with van der Waals surface area (Å²) in [5.41, 5.74) is 0.568. The quantitative estimate of drug-likeness (QED) is 0.868. The average molecular weight is 316 g/mol. The van der Waals surface area contributed by atoms with Crippen molar-refractivity contribution in [2.75, 3.05) is 4.72 Å². The van der Waals surface area contributed by atoms with Crippen molar-refractivity contribution in [2.24, 2.45) is 0 Å². The summed E-state index contributed by atoms with van der Waals surface area (Å²) in [6.07, 6.45) is 1.47. The van der Waals surface area contributed by atoms with Crippen LogP contribution in [0.2, 0.25) is 5.15 Å². The Labute approximate surface area is 122 Å². The fraction of sp³-hybridized carbons (Fsp3) is 0.364. The lowest BCUT2D eigenvalue weighted by molar-refractivity contribution is 0.597. The minimum Gasteiger partial charge on any atom is -0.334 e. The highest BCUT2D eigenvalue weighted by Crippen LogP contribution is 2.15. The van der Waals surface area contributed by atoms with Crippen LogP contribution < -0.4 is 4.72 Å². The highest BCUT2D eigenvalue weighted by molar-refractivity contribution is 7.92. The van der Waals surface area contributed by atoms with Crippen LogP contribution in [0.4, 0.5) is 5.95 Å². The number of rotatable bonds is 4. The second kappa shape index (κ2) is 5.37. The normalized spacial score (nSPS) is 11.6.